The summed E-state index contributed by atoms with van der Waals surface area (Å²) >= 11 is 5.81. The summed E-state index contributed by atoms with van der Waals surface area (Å²) < 4.78 is 5.72. The third-order valence-electron chi connectivity index (χ3n) is 4.21. The highest BCUT2D eigenvalue weighted by Crippen LogP contribution is 2.28. The normalized spacial score (nSPS) is 11.0. The van der Waals surface area contributed by atoms with Crippen LogP contribution in [0.1, 0.15) is 21.7 Å². The molecule has 0 saturated carbocycles. The number of nitrogens with zero attached hydrogens (tertiary/aromatic N) is 1. The third-order valence-corrected chi connectivity index (χ3v) is 4.46. The second-order valence-corrected chi connectivity index (χ2v) is 6.55. The number of halogens is 1. The molecule has 0 bridgehead atoms. The molecule has 0 spiro atoms. The van der Waals surface area contributed by atoms with E-state index in [4.69, 9.17) is 16.0 Å². The van der Waals surface area contributed by atoms with E-state index in [0.29, 0.717) is 33.4 Å². The SMILES string of the molecule is Cc1c(C(=O)O)cccc1-c1ccc(/C=C(/C#N)C(=O)Nc2ccc(Cl)cc2)o1. The highest BCUT2D eigenvalue weighted by molar-refractivity contribution is 6.30. The molecule has 3 aromatic rings. The second kappa shape index (κ2) is 8.46. The number of rotatable bonds is 5. The highest BCUT2D eigenvalue weighted by Gasteiger charge is 2.15. The van der Waals surface area contributed by atoms with Crippen LogP contribution in [0.4, 0.5) is 5.69 Å². The van der Waals surface area contributed by atoms with Gasteiger partial charge in [0.05, 0.1) is 5.56 Å². The number of nitriles is 1. The van der Waals surface area contributed by atoms with Crippen LogP contribution in [0.25, 0.3) is 17.4 Å². The van der Waals surface area contributed by atoms with Crippen molar-refractivity contribution in [2.24, 2.45) is 0 Å². The fourth-order valence-corrected chi connectivity index (χ4v) is 2.86. The number of nitrogens with one attached hydrogen (secondary N) is 1. The maximum Gasteiger partial charge on any atom is 0.335 e. The van der Waals surface area contributed by atoms with Crippen molar-refractivity contribution >= 4 is 35.2 Å². The summed E-state index contributed by atoms with van der Waals surface area (Å²) in [7, 11) is 0. The first-order valence-corrected chi connectivity index (χ1v) is 8.88. The fourth-order valence-electron chi connectivity index (χ4n) is 2.73. The van der Waals surface area contributed by atoms with Gasteiger partial charge in [0, 0.05) is 22.3 Å². The molecule has 0 fully saturated rings. The minimum atomic E-state index is -1.03. The van der Waals surface area contributed by atoms with Crippen molar-refractivity contribution in [2.45, 2.75) is 6.92 Å². The van der Waals surface area contributed by atoms with Crippen LogP contribution >= 0.6 is 11.6 Å². The van der Waals surface area contributed by atoms with E-state index in [9.17, 15) is 20.0 Å². The molecular weight excluding hydrogens is 392 g/mol. The van der Waals surface area contributed by atoms with Gasteiger partial charge in [-0.2, -0.15) is 5.26 Å². The van der Waals surface area contributed by atoms with Crippen LogP contribution in [0.15, 0.2) is 64.6 Å². The van der Waals surface area contributed by atoms with Gasteiger partial charge in [-0.1, -0.05) is 23.7 Å². The first kappa shape index (κ1) is 19.9. The topological polar surface area (TPSA) is 103 Å². The van der Waals surface area contributed by atoms with Gasteiger partial charge in [-0.15, -0.1) is 0 Å². The Morgan fingerprint density at radius 2 is 1.86 bits per heavy atom. The molecule has 0 saturated heterocycles. The molecule has 0 atom stereocenters. The summed E-state index contributed by atoms with van der Waals surface area (Å²) in [5.41, 5.74) is 1.72. The van der Waals surface area contributed by atoms with Gasteiger partial charge in [0.2, 0.25) is 0 Å². The minimum Gasteiger partial charge on any atom is -0.478 e. The van der Waals surface area contributed by atoms with Crippen LogP contribution in [-0.2, 0) is 4.79 Å². The summed E-state index contributed by atoms with van der Waals surface area (Å²) in [6.07, 6.45) is 1.32. The third kappa shape index (κ3) is 4.54. The van der Waals surface area contributed by atoms with Crippen molar-refractivity contribution in [3.05, 3.63) is 82.1 Å². The molecule has 2 N–H and O–H groups in total. The van der Waals surface area contributed by atoms with E-state index in [1.807, 2.05) is 6.07 Å². The number of carbonyl (C=O) groups is 2. The molecule has 0 aliphatic heterocycles. The quantitative estimate of drug-likeness (QED) is 0.450. The average molecular weight is 407 g/mol. The molecule has 7 heteroatoms. The molecule has 0 aliphatic carbocycles. The molecule has 3 rings (SSSR count). The number of carboxylic acid groups (broad SMARTS) is 1. The van der Waals surface area contributed by atoms with Crippen LogP contribution in [0.2, 0.25) is 5.02 Å². The molecule has 1 amide bonds. The smallest absolute Gasteiger partial charge is 0.335 e. The van der Waals surface area contributed by atoms with Gasteiger partial charge < -0.3 is 14.8 Å². The molecule has 6 nitrogen and oxygen atoms in total. The molecule has 29 heavy (non-hydrogen) atoms. The van der Waals surface area contributed by atoms with Crippen molar-refractivity contribution in [1.29, 1.82) is 5.26 Å². The highest BCUT2D eigenvalue weighted by atomic mass is 35.5. The standard InChI is InChI=1S/C22H15ClN2O4/c1-13-18(3-2-4-19(13)22(27)28)20-10-9-17(29-20)11-14(12-24)21(26)25-16-7-5-15(23)6-8-16/h2-11H,1H3,(H,25,26)(H,27,28)/b14-11-. The van der Waals surface area contributed by atoms with E-state index in [1.54, 1.807) is 55.5 Å². The Morgan fingerprint density at radius 1 is 1.14 bits per heavy atom. The predicted octanol–water partition coefficient (Wildman–Crippen LogP) is 5.15. The predicted molar refractivity (Wildman–Crippen MR) is 110 cm³/mol. The van der Waals surface area contributed by atoms with Crippen LogP contribution in [-0.4, -0.2) is 17.0 Å². The second-order valence-electron chi connectivity index (χ2n) is 6.12. The Balaban J connectivity index is 1.85. The Labute approximate surface area is 171 Å². The van der Waals surface area contributed by atoms with Crippen molar-refractivity contribution in [3.8, 4) is 17.4 Å². The van der Waals surface area contributed by atoms with Gasteiger partial charge in [-0.3, -0.25) is 4.79 Å². The van der Waals surface area contributed by atoms with Gasteiger partial charge in [0.25, 0.3) is 5.91 Å². The monoisotopic (exact) mass is 406 g/mol. The molecule has 0 radical (unpaired) electrons. The van der Waals surface area contributed by atoms with Crippen LogP contribution in [0.5, 0.6) is 0 Å². The molecule has 1 heterocycles. The first-order chi connectivity index (χ1) is 13.9. The molecule has 0 aliphatic rings. The van der Waals surface area contributed by atoms with Crippen molar-refractivity contribution in [1.82, 2.24) is 0 Å². The van der Waals surface area contributed by atoms with E-state index < -0.39 is 11.9 Å². The van der Waals surface area contributed by atoms with Gasteiger partial charge in [0.15, 0.2) is 0 Å². The number of aromatic carboxylic acids is 1. The lowest BCUT2D eigenvalue weighted by Crippen LogP contribution is -2.13. The number of furan rings is 1. The number of anilines is 1. The van der Waals surface area contributed by atoms with Crippen molar-refractivity contribution < 1.29 is 19.1 Å². The fraction of sp³-hybridized carbons (Fsp3) is 0.0455. The molecule has 2 aromatic carbocycles. The lowest BCUT2D eigenvalue weighted by atomic mass is 10.0. The van der Waals surface area contributed by atoms with E-state index in [-0.39, 0.29) is 11.1 Å². The lowest BCUT2D eigenvalue weighted by Gasteiger charge is -2.06. The van der Waals surface area contributed by atoms with E-state index in [0.717, 1.165) is 0 Å². The maximum absolute atomic E-state index is 12.3. The number of hydrogen-bond acceptors (Lipinski definition) is 4. The van der Waals surface area contributed by atoms with E-state index >= 15 is 0 Å². The number of hydrogen-bond donors (Lipinski definition) is 2. The van der Waals surface area contributed by atoms with Gasteiger partial charge in [-0.05, 0) is 55.0 Å². The van der Waals surface area contributed by atoms with Crippen molar-refractivity contribution in [2.75, 3.05) is 5.32 Å². The van der Waals surface area contributed by atoms with Gasteiger partial charge in [0.1, 0.15) is 23.2 Å². The van der Waals surface area contributed by atoms with Crippen molar-refractivity contribution in [3.63, 3.8) is 0 Å². The minimum absolute atomic E-state index is 0.142. The molecular formula is C22H15ClN2O4. The summed E-state index contributed by atoms with van der Waals surface area (Å²) in [5.74, 6) is -0.881. The van der Waals surface area contributed by atoms with Crippen LogP contribution < -0.4 is 5.32 Å². The summed E-state index contributed by atoms with van der Waals surface area (Å²) in [6, 6.07) is 16.5. The first-order valence-electron chi connectivity index (χ1n) is 8.51. The zero-order valence-electron chi connectivity index (χ0n) is 15.3. The molecule has 0 unspecified atom stereocenters. The van der Waals surface area contributed by atoms with Crippen LogP contribution in [0, 0.1) is 18.3 Å². The largest absolute Gasteiger partial charge is 0.478 e. The zero-order valence-corrected chi connectivity index (χ0v) is 16.0. The molecule has 144 valence electrons. The number of amides is 1. The summed E-state index contributed by atoms with van der Waals surface area (Å²) in [4.78, 5) is 23.7. The number of carboxylic acids is 1. The number of carbonyl (C=O) groups excluding carboxylic acids is 1. The summed E-state index contributed by atoms with van der Waals surface area (Å²) in [5, 5.41) is 21.7. The Kier molecular flexibility index (Phi) is 5.82. The van der Waals surface area contributed by atoms with E-state index in [1.165, 1.54) is 12.1 Å². The van der Waals surface area contributed by atoms with Gasteiger partial charge in [-0.25, -0.2) is 4.79 Å². The van der Waals surface area contributed by atoms with E-state index in [2.05, 4.69) is 5.32 Å². The Morgan fingerprint density at radius 3 is 2.52 bits per heavy atom. The Bertz CT molecular complexity index is 1150. The van der Waals surface area contributed by atoms with Gasteiger partial charge >= 0.3 is 5.97 Å². The Hall–Kier alpha value is -3.82. The number of benzene rings is 2. The maximum atomic E-state index is 12.3. The average Bonchev–Trinajstić information content (AvgIpc) is 3.16. The summed E-state index contributed by atoms with van der Waals surface area (Å²) in [6.45, 7) is 1.69. The zero-order chi connectivity index (χ0) is 21.0. The lowest BCUT2D eigenvalue weighted by molar-refractivity contribution is -0.112. The van der Waals surface area contributed by atoms with Crippen LogP contribution in [0.3, 0.4) is 0 Å². The molecule has 1 aromatic heterocycles.